The summed E-state index contributed by atoms with van der Waals surface area (Å²) >= 11 is 0. The van der Waals surface area contributed by atoms with E-state index < -0.39 is 29.4 Å². The molecule has 2 aliphatic rings. The van der Waals surface area contributed by atoms with Crippen LogP contribution < -0.4 is 0 Å². The van der Waals surface area contributed by atoms with Gasteiger partial charge in [-0.1, -0.05) is 32.9 Å². The molecule has 0 saturated heterocycles. The van der Waals surface area contributed by atoms with Gasteiger partial charge in [0, 0.05) is 0 Å². The topological polar surface area (TPSA) is 26.3 Å². The number of allylic oxidation sites excluding steroid dienone is 2. The number of rotatable bonds is 4. The van der Waals surface area contributed by atoms with Crippen LogP contribution in [0, 0.1) is 29.1 Å². The molecule has 5 heteroatoms. The average molecular weight is 290 g/mol. The van der Waals surface area contributed by atoms with E-state index in [9.17, 15) is 18.0 Å². The number of halogens is 3. The molecule has 0 spiro atoms. The van der Waals surface area contributed by atoms with Crippen molar-refractivity contribution in [3.63, 3.8) is 0 Å². The van der Waals surface area contributed by atoms with Crippen molar-refractivity contribution in [2.45, 2.75) is 39.8 Å². The molecule has 1 saturated carbocycles. The van der Waals surface area contributed by atoms with Gasteiger partial charge in [0.05, 0.1) is 17.9 Å². The first-order valence-corrected chi connectivity index (χ1v) is 7.10. The molecule has 114 valence electrons. The van der Waals surface area contributed by atoms with Gasteiger partial charge in [-0.25, -0.2) is 0 Å². The minimum absolute atomic E-state index is 0.0537. The summed E-state index contributed by atoms with van der Waals surface area (Å²) in [5.41, 5.74) is -1.83. The quantitative estimate of drug-likeness (QED) is 0.578. The van der Waals surface area contributed by atoms with Crippen molar-refractivity contribution in [1.29, 1.82) is 0 Å². The number of hydrogen-bond acceptors (Lipinski definition) is 2. The van der Waals surface area contributed by atoms with E-state index in [2.05, 4.69) is 0 Å². The van der Waals surface area contributed by atoms with Crippen LogP contribution in [0.5, 0.6) is 0 Å². The van der Waals surface area contributed by atoms with E-state index in [1.807, 2.05) is 13.8 Å². The highest BCUT2D eigenvalue weighted by Gasteiger charge is 2.65. The van der Waals surface area contributed by atoms with Crippen LogP contribution in [-0.4, -0.2) is 18.8 Å². The molecule has 20 heavy (non-hydrogen) atoms. The predicted molar refractivity (Wildman–Crippen MR) is 68.8 cm³/mol. The number of esters is 1. The number of carbonyl (C=O) groups is 1. The zero-order chi connectivity index (χ0) is 15.1. The molecule has 4 unspecified atom stereocenters. The molecule has 1 fully saturated rings. The summed E-state index contributed by atoms with van der Waals surface area (Å²) in [6.07, 6.45) is -0.864. The third-order valence-electron chi connectivity index (χ3n) is 4.55. The maximum absolute atomic E-state index is 13.4. The summed E-state index contributed by atoms with van der Waals surface area (Å²) in [6, 6.07) is 0. The van der Waals surface area contributed by atoms with E-state index in [0.717, 1.165) is 0 Å². The van der Waals surface area contributed by atoms with Gasteiger partial charge in [0.1, 0.15) is 0 Å². The molecule has 2 bridgehead atoms. The van der Waals surface area contributed by atoms with Crippen molar-refractivity contribution in [3.05, 3.63) is 12.2 Å². The number of hydrogen-bond donors (Lipinski definition) is 0. The molecule has 0 amide bonds. The highest BCUT2D eigenvalue weighted by molar-refractivity contribution is 5.72. The van der Waals surface area contributed by atoms with Crippen molar-refractivity contribution in [1.82, 2.24) is 0 Å². The third kappa shape index (κ3) is 2.47. The second kappa shape index (κ2) is 5.08. The van der Waals surface area contributed by atoms with Crippen molar-refractivity contribution >= 4 is 5.97 Å². The maximum atomic E-state index is 13.4. The molecule has 4 atom stereocenters. The van der Waals surface area contributed by atoms with E-state index in [-0.39, 0.29) is 24.9 Å². The molecule has 0 N–H and O–H groups in total. The van der Waals surface area contributed by atoms with Crippen LogP contribution in [0.1, 0.15) is 33.6 Å². The van der Waals surface area contributed by atoms with Gasteiger partial charge in [0.2, 0.25) is 0 Å². The Kier molecular flexibility index (Phi) is 3.91. The average Bonchev–Trinajstić information content (AvgIpc) is 2.93. The highest BCUT2D eigenvalue weighted by atomic mass is 19.4. The molecule has 0 aromatic rings. The Bertz CT molecular complexity index is 414. The first-order chi connectivity index (χ1) is 9.17. The van der Waals surface area contributed by atoms with Crippen LogP contribution >= 0.6 is 0 Å². The van der Waals surface area contributed by atoms with Crippen molar-refractivity contribution in [3.8, 4) is 0 Å². The summed E-state index contributed by atoms with van der Waals surface area (Å²) in [5.74, 6) is -1.79. The van der Waals surface area contributed by atoms with Gasteiger partial charge in [-0.05, 0) is 30.6 Å². The molecule has 2 rings (SSSR count). The summed E-state index contributed by atoms with van der Waals surface area (Å²) in [6.45, 7) is 5.62. The van der Waals surface area contributed by atoms with E-state index in [1.165, 1.54) is 6.08 Å². The first-order valence-electron chi connectivity index (χ1n) is 7.10. The Morgan fingerprint density at radius 1 is 1.40 bits per heavy atom. The molecular weight excluding hydrogens is 269 g/mol. The molecule has 2 aliphatic carbocycles. The second-order valence-electron chi connectivity index (χ2n) is 6.52. The Balaban J connectivity index is 2.12. The van der Waals surface area contributed by atoms with Crippen molar-refractivity contribution in [2.24, 2.45) is 29.1 Å². The van der Waals surface area contributed by atoms with Crippen LogP contribution in [0.4, 0.5) is 13.2 Å². The van der Waals surface area contributed by atoms with E-state index in [4.69, 9.17) is 4.74 Å². The lowest BCUT2D eigenvalue weighted by Gasteiger charge is -2.37. The Hall–Kier alpha value is -1.00. The number of fused-ring (bicyclic) bond motifs is 2. The third-order valence-corrected chi connectivity index (χ3v) is 4.55. The fourth-order valence-electron chi connectivity index (χ4n) is 3.47. The van der Waals surface area contributed by atoms with Crippen LogP contribution in [0.15, 0.2) is 12.2 Å². The lowest BCUT2D eigenvalue weighted by molar-refractivity contribution is -0.222. The Morgan fingerprint density at radius 3 is 2.55 bits per heavy atom. The van der Waals surface area contributed by atoms with Gasteiger partial charge in [-0.2, -0.15) is 13.2 Å². The van der Waals surface area contributed by atoms with Gasteiger partial charge in [0.25, 0.3) is 0 Å². The first kappa shape index (κ1) is 15.4. The predicted octanol–water partition coefficient (Wildman–Crippen LogP) is 3.97. The van der Waals surface area contributed by atoms with Gasteiger partial charge in [-0.3, -0.25) is 4.79 Å². The van der Waals surface area contributed by atoms with Crippen molar-refractivity contribution in [2.75, 3.05) is 6.61 Å². The highest BCUT2D eigenvalue weighted by Crippen LogP contribution is 2.63. The largest absolute Gasteiger partial charge is 0.465 e. The van der Waals surface area contributed by atoms with E-state index >= 15 is 0 Å². The summed E-state index contributed by atoms with van der Waals surface area (Å²) < 4.78 is 45.4. The van der Waals surface area contributed by atoms with Crippen LogP contribution in [-0.2, 0) is 9.53 Å². The lowest BCUT2D eigenvalue weighted by atomic mass is 9.71. The summed E-state index contributed by atoms with van der Waals surface area (Å²) in [7, 11) is 0. The molecule has 0 aliphatic heterocycles. The fourth-order valence-corrected chi connectivity index (χ4v) is 3.47. The summed E-state index contributed by atoms with van der Waals surface area (Å²) in [5, 5.41) is 0. The van der Waals surface area contributed by atoms with Gasteiger partial charge in [-0.15, -0.1) is 0 Å². The van der Waals surface area contributed by atoms with Crippen LogP contribution in [0.3, 0.4) is 0 Å². The van der Waals surface area contributed by atoms with Gasteiger partial charge in [0.15, 0.2) is 0 Å². The zero-order valence-corrected chi connectivity index (χ0v) is 12.0. The molecule has 2 nitrogen and oxygen atoms in total. The molecule has 0 radical (unpaired) electrons. The van der Waals surface area contributed by atoms with E-state index in [0.29, 0.717) is 6.42 Å². The monoisotopic (exact) mass is 290 g/mol. The molecule has 0 aromatic carbocycles. The zero-order valence-electron chi connectivity index (χ0n) is 12.0. The number of ether oxygens (including phenoxy) is 1. The maximum Gasteiger partial charge on any atom is 0.398 e. The van der Waals surface area contributed by atoms with Crippen LogP contribution in [0.25, 0.3) is 0 Å². The minimum Gasteiger partial charge on any atom is -0.465 e. The molecular formula is C15H21F3O2. The number of carbonyl (C=O) groups excluding carboxylic acids is 1. The molecule has 0 heterocycles. The van der Waals surface area contributed by atoms with Gasteiger partial charge < -0.3 is 4.74 Å². The van der Waals surface area contributed by atoms with Crippen molar-refractivity contribution < 1.29 is 22.7 Å². The fraction of sp³-hybridized carbons (Fsp3) is 0.800. The minimum atomic E-state index is -4.30. The number of alkyl halides is 3. The normalized spacial score (nSPS) is 33.8. The Labute approximate surface area is 117 Å². The Morgan fingerprint density at radius 2 is 2.05 bits per heavy atom. The molecule has 0 aromatic heterocycles. The summed E-state index contributed by atoms with van der Waals surface area (Å²) in [4.78, 5) is 12.0. The van der Waals surface area contributed by atoms with Crippen LogP contribution in [0.2, 0.25) is 0 Å². The smallest absolute Gasteiger partial charge is 0.398 e. The SMILES string of the molecule is CC(C)COC(=O)C(C)C1CC2C=CC1(C(F)(F)F)C2. The second-order valence-corrected chi connectivity index (χ2v) is 6.52. The standard InChI is InChI=1S/C15H21F3O2/c1-9(2)8-20-13(19)10(3)12-6-11-4-5-14(12,7-11)15(16,17)18/h4-5,9-12H,6-8H2,1-3H3. The van der Waals surface area contributed by atoms with E-state index in [1.54, 1.807) is 13.0 Å². The van der Waals surface area contributed by atoms with Gasteiger partial charge >= 0.3 is 12.1 Å². The lowest BCUT2D eigenvalue weighted by Crippen LogP contribution is -2.43.